The molecule has 1 aromatic rings. The fourth-order valence-electron chi connectivity index (χ4n) is 0.813. The molecule has 1 aromatic carbocycles. The molecule has 1 rings (SSSR count). The number of hydrogen-bond acceptors (Lipinski definition) is 1. The van der Waals surface area contributed by atoms with E-state index in [1.54, 1.807) is 6.34 Å². The summed E-state index contributed by atoms with van der Waals surface area (Å²) in [7, 11) is 3.91. The average Bonchev–Trinajstić information content (AvgIpc) is 2.03. The monoisotopic (exact) mass is 162 g/mol. The molecule has 0 unspecified atom stereocenters. The van der Waals surface area contributed by atoms with Crippen molar-refractivity contribution in [2.75, 3.05) is 14.1 Å². The van der Waals surface area contributed by atoms with Crippen LogP contribution in [0, 0.1) is 6.92 Å². The molecule has 64 valence electrons. The second-order valence-corrected chi connectivity index (χ2v) is 3.04. The minimum atomic E-state index is 0.995. The van der Waals surface area contributed by atoms with Crippen molar-refractivity contribution >= 4 is 12.0 Å². The van der Waals surface area contributed by atoms with E-state index in [0.29, 0.717) is 0 Å². The van der Waals surface area contributed by atoms with Crippen molar-refractivity contribution in [3.63, 3.8) is 0 Å². The van der Waals surface area contributed by atoms with Gasteiger partial charge in [-0.15, -0.1) is 0 Å². The molecule has 0 bridgehead atoms. The number of benzene rings is 1. The standard InChI is InChI=1S/C10H14N2/c1-9-4-6-10(7-5-9)11-8-12(2)3/h4-8H,1-3H3/b11-8+. The largest absolute Gasteiger partial charge is 0.369 e. The molecule has 0 radical (unpaired) electrons. The molecule has 0 aliphatic carbocycles. The van der Waals surface area contributed by atoms with E-state index in [9.17, 15) is 0 Å². The van der Waals surface area contributed by atoms with E-state index in [4.69, 9.17) is 0 Å². The zero-order valence-corrected chi connectivity index (χ0v) is 7.78. The Morgan fingerprint density at radius 3 is 2.25 bits per heavy atom. The van der Waals surface area contributed by atoms with Crippen molar-refractivity contribution in [3.8, 4) is 0 Å². The van der Waals surface area contributed by atoms with Gasteiger partial charge in [-0.2, -0.15) is 0 Å². The van der Waals surface area contributed by atoms with Crippen LogP contribution in [0.15, 0.2) is 29.3 Å². The highest BCUT2D eigenvalue weighted by atomic mass is 15.1. The van der Waals surface area contributed by atoms with E-state index in [-0.39, 0.29) is 0 Å². The lowest BCUT2D eigenvalue weighted by atomic mass is 10.2. The summed E-state index contributed by atoms with van der Waals surface area (Å²) in [6.07, 6.45) is 1.80. The summed E-state index contributed by atoms with van der Waals surface area (Å²) < 4.78 is 0. The summed E-state index contributed by atoms with van der Waals surface area (Å²) in [4.78, 5) is 6.16. The third-order valence-electron chi connectivity index (χ3n) is 1.47. The van der Waals surface area contributed by atoms with Crippen LogP contribution in [-0.2, 0) is 0 Å². The van der Waals surface area contributed by atoms with Crippen LogP contribution in [0.5, 0.6) is 0 Å². The molecule has 0 aliphatic heterocycles. The fraction of sp³-hybridized carbons (Fsp3) is 0.300. The molecule has 0 amide bonds. The lowest BCUT2D eigenvalue weighted by Crippen LogP contribution is -2.06. The van der Waals surface area contributed by atoms with Gasteiger partial charge in [0.25, 0.3) is 0 Å². The van der Waals surface area contributed by atoms with Crippen LogP contribution in [-0.4, -0.2) is 25.3 Å². The zero-order valence-electron chi connectivity index (χ0n) is 7.78. The molecule has 2 nitrogen and oxygen atoms in total. The van der Waals surface area contributed by atoms with Crippen molar-refractivity contribution in [1.29, 1.82) is 0 Å². The Morgan fingerprint density at radius 1 is 1.17 bits per heavy atom. The second-order valence-electron chi connectivity index (χ2n) is 3.04. The maximum atomic E-state index is 4.25. The van der Waals surface area contributed by atoms with Gasteiger partial charge >= 0.3 is 0 Å². The van der Waals surface area contributed by atoms with Crippen LogP contribution < -0.4 is 0 Å². The van der Waals surface area contributed by atoms with Gasteiger partial charge in [-0.3, -0.25) is 0 Å². The maximum Gasteiger partial charge on any atom is 0.0907 e. The number of aliphatic imine (C=N–C) groups is 1. The van der Waals surface area contributed by atoms with E-state index >= 15 is 0 Å². The first kappa shape index (κ1) is 8.78. The first-order valence-corrected chi connectivity index (χ1v) is 3.96. The third kappa shape index (κ3) is 2.74. The van der Waals surface area contributed by atoms with E-state index in [1.165, 1.54) is 5.56 Å². The van der Waals surface area contributed by atoms with Gasteiger partial charge in [0.1, 0.15) is 0 Å². The van der Waals surface area contributed by atoms with Gasteiger partial charge in [0.05, 0.1) is 12.0 Å². The molecular weight excluding hydrogens is 148 g/mol. The molecule has 0 atom stereocenters. The van der Waals surface area contributed by atoms with Crippen molar-refractivity contribution in [3.05, 3.63) is 29.8 Å². The highest BCUT2D eigenvalue weighted by Gasteiger charge is 1.86. The van der Waals surface area contributed by atoms with Crippen LogP contribution >= 0.6 is 0 Å². The molecule has 12 heavy (non-hydrogen) atoms. The van der Waals surface area contributed by atoms with Crippen molar-refractivity contribution in [1.82, 2.24) is 4.90 Å². The van der Waals surface area contributed by atoms with Gasteiger partial charge in [0.15, 0.2) is 0 Å². The molecule has 0 fully saturated rings. The maximum absolute atomic E-state index is 4.25. The van der Waals surface area contributed by atoms with Crippen molar-refractivity contribution in [2.45, 2.75) is 6.92 Å². The average molecular weight is 162 g/mol. The van der Waals surface area contributed by atoms with Crippen LogP contribution in [0.4, 0.5) is 5.69 Å². The number of hydrogen-bond donors (Lipinski definition) is 0. The highest BCUT2D eigenvalue weighted by molar-refractivity contribution is 5.60. The molecular formula is C10H14N2. The molecule has 2 heteroatoms. The lowest BCUT2D eigenvalue weighted by molar-refractivity contribution is 0.643. The molecule has 0 saturated heterocycles. The normalized spacial score (nSPS) is 10.6. The van der Waals surface area contributed by atoms with Gasteiger partial charge in [0.2, 0.25) is 0 Å². The van der Waals surface area contributed by atoms with Crippen molar-refractivity contribution in [2.24, 2.45) is 4.99 Å². The third-order valence-corrected chi connectivity index (χ3v) is 1.47. The molecule has 0 aliphatic rings. The Morgan fingerprint density at radius 2 is 1.75 bits per heavy atom. The summed E-state index contributed by atoms with van der Waals surface area (Å²) in [6.45, 7) is 2.07. The minimum absolute atomic E-state index is 0.995. The van der Waals surface area contributed by atoms with Gasteiger partial charge in [0, 0.05) is 14.1 Å². The molecule has 0 N–H and O–H groups in total. The van der Waals surface area contributed by atoms with Crippen LogP contribution in [0.2, 0.25) is 0 Å². The predicted molar refractivity (Wildman–Crippen MR) is 53.0 cm³/mol. The van der Waals surface area contributed by atoms with E-state index in [2.05, 4.69) is 24.0 Å². The topological polar surface area (TPSA) is 15.6 Å². The molecule has 0 spiro atoms. The van der Waals surface area contributed by atoms with Gasteiger partial charge in [-0.25, -0.2) is 4.99 Å². The molecule has 0 saturated carbocycles. The Bertz CT molecular complexity index is 260. The Kier molecular flexibility index (Phi) is 2.86. The smallest absolute Gasteiger partial charge is 0.0907 e. The number of nitrogens with zero attached hydrogens (tertiary/aromatic N) is 2. The van der Waals surface area contributed by atoms with E-state index < -0.39 is 0 Å². The Balaban J connectivity index is 2.71. The van der Waals surface area contributed by atoms with E-state index in [0.717, 1.165) is 5.69 Å². The number of rotatable bonds is 2. The Labute approximate surface area is 73.5 Å². The molecule has 0 aromatic heterocycles. The van der Waals surface area contributed by atoms with E-state index in [1.807, 2.05) is 31.1 Å². The van der Waals surface area contributed by atoms with Gasteiger partial charge in [-0.1, -0.05) is 17.7 Å². The van der Waals surface area contributed by atoms with Crippen LogP contribution in [0.3, 0.4) is 0 Å². The number of aryl methyl sites for hydroxylation is 1. The van der Waals surface area contributed by atoms with Crippen molar-refractivity contribution < 1.29 is 0 Å². The SMILES string of the molecule is Cc1ccc(/N=C/N(C)C)cc1. The fourth-order valence-corrected chi connectivity index (χ4v) is 0.813. The predicted octanol–water partition coefficient (Wildman–Crippen LogP) is 2.22. The zero-order chi connectivity index (χ0) is 8.97. The Hall–Kier alpha value is -1.31. The second kappa shape index (κ2) is 3.90. The van der Waals surface area contributed by atoms with Crippen LogP contribution in [0.25, 0.3) is 0 Å². The molecule has 0 heterocycles. The first-order chi connectivity index (χ1) is 5.68. The summed E-state index contributed by atoms with van der Waals surface area (Å²) in [6, 6.07) is 8.13. The highest BCUT2D eigenvalue weighted by Crippen LogP contribution is 2.11. The minimum Gasteiger partial charge on any atom is -0.369 e. The summed E-state index contributed by atoms with van der Waals surface area (Å²) >= 11 is 0. The summed E-state index contributed by atoms with van der Waals surface area (Å²) in [5.41, 5.74) is 2.26. The van der Waals surface area contributed by atoms with Gasteiger partial charge in [-0.05, 0) is 19.1 Å². The lowest BCUT2D eigenvalue weighted by Gasteiger charge is -2.01. The first-order valence-electron chi connectivity index (χ1n) is 3.96. The quantitative estimate of drug-likeness (QED) is 0.481. The van der Waals surface area contributed by atoms with Gasteiger partial charge < -0.3 is 4.90 Å². The summed E-state index contributed by atoms with van der Waals surface area (Å²) in [5.74, 6) is 0. The van der Waals surface area contributed by atoms with Crippen LogP contribution in [0.1, 0.15) is 5.56 Å². The summed E-state index contributed by atoms with van der Waals surface area (Å²) in [5, 5.41) is 0.